The predicted molar refractivity (Wildman–Crippen MR) is 93.6 cm³/mol. The van der Waals surface area contributed by atoms with Crippen molar-refractivity contribution in [2.75, 3.05) is 0 Å². The molecule has 0 aromatic carbocycles. The van der Waals surface area contributed by atoms with Gasteiger partial charge in [-0.05, 0) is 38.0 Å². The van der Waals surface area contributed by atoms with Crippen LogP contribution in [0.2, 0.25) is 0 Å². The number of nitrogens with one attached hydrogen (secondary N) is 1. The molecule has 0 radical (unpaired) electrons. The summed E-state index contributed by atoms with van der Waals surface area (Å²) in [7, 11) is 1.79. The summed E-state index contributed by atoms with van der Waals surface area (Å²) in [6, 6.07) is 5.28. The summed E-state index contributed by atoms with van der Waals surface area (Å²) in [5.74, 6) is 0.560. The zero-order valence-corrected chi connectivity index (χ0v) is 14.2. The van der Waals surface area contributed by atoms with Crippen LogP contribution in [-0.2, 0) is 13.5 Å². The fourth-order valence-corrected chi connectivity index (χ4v) is 3.48. The van der Waals surface area contributed by atoms with E-state index in [9.17, 15) is 9.59 Å². The minimum absolute atomic E-state index is 0.119. The zero-order valence-electron chi connectivity index (χ0n) is 14.2. The van der Waals surface area contributed by atoms with Gasteiger partial charge in [-0.3, -0.25) is 9.59 Å². The molecule has 0 saturated heterocycles. The Morgan fingerprint density at radius 2 is 2.20 bits per heavy atom. The lowest BCUT2D eigenvalue weighted by molar-refractivity contribution is 0.0930. The molecule has 3 heterocycles. The maximum absolute atomic E-state index is 12.8. The number of carbonyl (C=O) groups is 1. The lowest BCUT2D eigenvalue weighted by atomic mass is 9.93. The average Bonchev–Trinajstić information content (AvgIpc) is 3.07. The monoisotopic (exact) mass is 337 g/mol. The number of fused-ring (bicyclic) bond motifs is 2. The highest BCUT2D eigenvalue weighted by Crippen LogP contribution is 2.30. The normalized spacial score (nSPS) is 16.6. The Bertz CT molecular complexity index is 1030. The molecule has 0 unspecified atom stereocenters. The fraction of sp³-hybridized carbons (Fsp3) is 0.316. The maximum Gasteiger partial charge on any atom is 0.257 e. The van der Waals surface area contributed by atoms with E-state index in [0.717, 1.165) is 36.3 Å². The third-order valence-corrected chi connectivity index (χ3v) is 4.76. The van der Waals surface area contributed by atoms with Crippen LogP contribution in [0.3, 0.4) is 0 Å². The molecule has 25 heavy (non-hydrogen) atoms. The minimum Gasteiger partial charge on any atom is -0.469 e. The van der Waals surface area contributed by atoms with Crippen LogP contribution < -0.4 is 10.7 Å². The van der Waals surface area contributed by atoms with E-state index in [-0.39, 0.29) is 22.9 Å². The summed E-state index contributed by atoms with van der Waals surface area (Å²) in [5, 5.41) is 3.44. The number of hydrogen-bond acceptors (Lipinski definition) is 4. The summed E-state index contributed by atoms with van der Waals surface area (Å²) < 4.78 is 7.18. The molecule has 0 fully saturated rings. The highest BCUT2D eigenvalue weighted by molar-refractivity contribution is 5.97. The van der Waals surface area contributed by atoms with Crippen molar-refractivity contribution in [3.63, 3.8) is 0 Å². The number of hydrogen-bond donors (Lipinski definition) is 1. The van der Waals surface area contributed by atoms with Crippen LogP contribution in [0.25, 0.3) is 11.0 Å². The van der Waals surface area contributed by atoms with Gasteiger partial charge in [0.1, 0.15) is 17.0 Å². The topological polar surface area (TPSA) is 77.1 Å². The van der Waals surface area contributed by atoms with Crippen LogP contribution in [0, 0.1) is 6.92 Å². The molecule has 3 aromatic heterocycles. The minimum atomic E-state index is -0.359. The number of aromatic nitrogens is 2. The van der Waals surface area contributed by atoms with E-state index in [1.165, 1.54) is 0 Å². The summed E-state index contributed by atoms with van der Waals surface area (Å²) in [5.41, 5.74) is 2.26. The number of carbonyl (C=O) groups excluding carboxylic acids is 1. The van der Waals surface area contributed by atoms with Gasteiger partial charge in [0.05, 0.1) is 17.7 Å². The van der Waals surface area contributed by atoms with E-state index < -0.39 is 0 Å². The summed E-state index contributed by atoms with van der Waals surface area (Å²) >= 11 is 0. The molecular weight excluding hydrogens is 318 g/mol. The molecule has 0 saturated carbocycles. The van der Waals surface area contributed by atoms with Crippen LogP contribution in [0.5, 0.6) is 0 Å². The second-order valence-corrected chi connectivity index (χ2v) is 6.52. The van der Waals surface area contributed by atoms with E-state index in [4.69, 9.17) is 4.42 Å². The first-order valence-electron chi connectivity index (χ1n) is 8.38. The second kappa shape index (κ2) is 5.88. The van der Waals surface area contributed by atoms with E-state index >= 15 is 0 Å². The molecule has 3 aromatic rings. The number of nitrogens with zero attached hydrogens (tertiary/aromatic N) is 2. The van der Waals surface area contributed by atoms with Crippen molar-refractivity contribution in [3.05, 3.63) is 63.5 Å². The molecular formula is C19H19N3O3. The number of furan rings is 1. The molecule has 4 rings (SSSR count). The van der Waals surface area contributed by atoms with Crippen molar-refractivity contribution < 1.29 is 9.21 Å². The smallest absolute Gasteiger partial charge is 0.257 e. The van der Waals surface area contributed by atoms with Crippen LogP contribution in [0.15, 0.2) is 39.9 Å². The van der Waals surface area contributed by atoms with Crippen molar-refractivity contribution in [2.24, 2.45) is 7.05 Å². The van der Waals surface area contributed by atoms with Crippen LogP contribution in [0.4, 0.5) is 0 Å². The standard InChI is InChI=1S/C19H19N3O3/c1-11-6-7-13-17(23)14(10-22(2)18(13)20-11)19(24)21-15-4-3-5-16-12(15)8-9-25-16/h6-10,15H,3-5H2,1-2H3,(H,21,24)/t15-/m0/s1. The third kappa shape index (κ3) is 2.63. The van der Waals surface area contributed by atoms with Gasteiger partial charge < -0.3 is 14.3 Å². The molecule has 0 aliphatic heterocycles. The molecule has 0 spiro atoms. The first-order chi connectivity index (χ1) is 12.0. The van der Waals surface area contributed by atoms with Gasteiger partial charge in [-0.1, -0.05) is 0 Å². The SMILES string of the molecule is Cc1ccc2c(=O)c(C(=O)N[C@H]3CCCc4occc43)cn(C)c2n1. The van der Waals surface area contributed by atoms with Crippen LogP contribution in [-0.4, -0.2) is 15.5 Å². The van der Waals surface area contributed by atoms with Gasteiger partial charge in [0.15, 0.2) is 0 Å². The van der Waals surface area contributed by atoms with Crippen molar-refractivity contribution >= 4 is 16.9 Å². The Morgan fingerprint density at radius 3 is 3.04 bits per heavy atom. The second-order valence-electron chi connectivity index (χ2n) is 6.52. The van der Waals surface area contributed by atoms with Gasteiger partial charge in [0, 0.05) is 30.9 Å². The van der Waals surface area contributed by atoms with Crippen molar-refractivity contribution in [1.82, 2.24) is 14.9 Å². The third-order valence-electron chi connectivity index (χ3n) is 4.76. The number of aryl methyl sites for hydroxylation is 3. The van der Waals surface area contributed by atoms with Gasteiger partial charge in [-0.25, -0.2) is 4.98 Å². The molecule has 128 valence electrons. The Balaban J connectivity index is 1.71. The quantitative estimate of drug-likeness (QED) is 0.780. The molecule has 1 atom stereocenters. The van der Waals surface area contributed by atoms with Gasteiger partial charge in [0.2, 0.25) is 5.43 Å². The van der Waals surface area contributed by atoms with E-state index in [1.54, 1.807) is 36.2 Å². The number of pyridine rings is 2. The highest BCUT2D eigenvalue weighted by atomic mass is 16.3. The Kier molecular flexibility index (Phi) is 3.67. The maximum atomic E-state index is 12.8. The van der Waals surface area contributed by atoms with E-state index in [1.807, 2.05) is 13.0 Å². The Hall–Kier alpha value is -2.89. The molecule has 1 aliphatic carbocycles. The first-order valence-corrected chi connectivity index (χ1v) is 8.38. The molecule has 1 N–H and O–H groups in total. The van der Waals surface area contributed by atoms with Gasteiger partial charge in [-0.15, -0.1) is 0 Å². The van der Waals surface area contributed by atoms with Gasteiger partial charge >= 0.3 is 0 Å². The predicted octanol–water partition coefficient (Wildman–Crippen LogP) is 2.64. The summed E-state index contributed by atoms with van der Waals surface area (Å²) in [6.07, 6.45) is 5.89. The molecule has 6 heteroatoms. The van der Waals surface area contributed by atoms with E-state index in [0.29, 0.717) is 11.0 Å². The lowest BCUT2D eigenvalue weighted by Crippen LogP contribution is -2.34. The molecule has 1 aliphatic rings. The summed E-state index contributed by atoms with van der Waals surface area (Å²) in [4.78, 5) is 29.9. The van der Waals surface area contributed by atoms with Crippen molar-refractivity contribution in [3.8, 4) is 0 Å². The van der Waals surface area contributed by atoms with Gasteiger partial charge in [0.25, 0.3) is 5.91 Å². The first kappa shape index (κ1) is 15.6. The average molecular weight is 337 g/mol. The zero-order chi connectivity index (χ0) is 17.6. The van der Waals surface area contributed by atoms with Gasteiger partial charge in [-0.2, -0.15) is 0 Å². The highest BCUT2D eigenvalue weighted by Gasteiger charge is 2.25. The van der Waals surface area contributed by atoms with Crippen LogP contribution >= 0.6 is 0 Å². The summed E-state index contributed by atoms with van der Waals surface area (Å²) in [6.45, 7) is 1.87. The molecule has 6 nitrogen and oxygen atoms in total. The molecule has 0 bridgehead atoms. The largest absolute Gasteiger partial charge is 0.469 e. The van der Waals surface area contributed by atoms with Crippen LogP contribution in [0.1, 0.15) is 46.3 Å². The Morgan fingerprint density at radius 1 is 1.36 bits per heavy atom. The van der Waals surface area contributed by atoms with E-state index in [2.05, 4.69) is 10.3 Å². The van der Waals surface area contributed by atoms with Crippen molar-refractivity contribution in [1.29, 1.82) is 0 Å². The Labute approximate surface area is 144 Å². The lowest BCUT2D eigenvalue weighted by Gasteiger charge is -2.22. The number of rotatable bonds is 2. The number of amides is 1. The molecule has 1 amide bonds. The fourth-order valence-electron chi connectivity index (χ4n) is 3.48. The van der Waals surface area contributed by atoms with Crippen molar-refractivity contribution in [2.45, 2.75) is 32.2 Å².